The second-order valence-electron chi connectivity index (χ2n) is 2.68. The molecule has 0 saturated heterocycles. The van der Waals surface area contributed by atoms with Gasteiger partial charge in [0.1, 0.15) is 0 Å². The van der Waals surface area contributed by atoms with Gasteiger partial charge in [0.15, 0.2) is 8.32 Å². The molecule has 0 unspecified atom stereocenters. The molecule has 50 valence electrons. The van der Waals surface area contributed by atoms with Crippen LogP contribution in [0.1, 0.15) is 0 Å². The van der Waals surface area contributed by atoms with Gasteiger partial charge in [0.05, 0.1) is 0 Å². The fourth-order valence-corrected chi connectivity index (χ4v) is 1.33. The zero-order chi connectivity index (χ0) is 6.62. The molecule has 0 amide bonds. The van der Waals surface area contributed by atoms with Crippen LogP contribution in [0.15, 0.2) is 0 Å². The first-order valence-electron chi connectivity index (χ1n) is 2.81. The topological polar surface area (TPSA) is 9.23 Å². The third-order valence-corrected chi connectivity index (χ3v) is 1.88. The molecular weight excluding hydrogens is 136 g/mol. The Bertz CT molecular complexity index is 59.9. The van der Waals surface area contributed by atoms with E-state index in [0.717, 1.165) is 12.4 Å². The first kappa shape index (κ1) is 8.53. The molecule has 0 spiro atoms. The average molecular weight is 150 g/mol. The van der Waals surface area contributed by atoms with Crippen molar-refractivity contribution in [3.8, 4) is 0 Å². The van der Waals surface area contributed by atoms with E-state index in [2.05, 4.69) is 32.3 Å². The van der Waals surface area contributed by atoms with Crippen molar-refractivity contribution in [2.24, 2.45) is 0 Å². The van der Waals surface area contributed by atoms with Crippen molar-refractivity contribution in [2.75, 3.05) is 12.4 Å². The summed E-state index contributed by atoms with van der Waals surface area (Å²) in [5.74, 6) is 0.838. The fraction of sp³-hybridized carbons (Fsp3) is 1.00. The Kier molecular flexibility index (Phi) is 3.77. The van der Waals surface area contributed by atoms with E-state index < -0.39 is 8.32 Å². The minimum Gasteiger partial charge on any atom is -0.417 e. The van der Waals surface area contributed by atoms with Crippen LogP contribution in [0, 0.1) is 0 Å². The number of hydrogen-bond acceptors (Lipinski definition) is 2. The lowest BCUT2D eigenvalue weighted by atomic mass is 10.9. The minimum absolute atomic E-state index is 0.804. The van der Waals surface area contributed by atoms with E-state index in [1.54, 1.807) is 0 Å². The Balaban J connectivity index is 3.11. The van der Waals surface area contributed by atoms with Crippen LogP contribution >= 0.6 is 12.6 Å². The van der Waals surface area contributed by atoms with E-state index >= 15 is 0 Å². The van der Waals surface area contributed by atoms with Gasteiger partial charge in [-0.1, -0.05) is 0 Å². The summed E-state index contributed by atoms with van der Waals surface area (Å²) >= 11 is 4.03. The van der Waals surface area contributed by atoms with E-state index in [9.17, 15) is 0 Å². The Labute approximate surface area is 58.0 Å². The van der Waals surface area contributed by atoms with Gasteiger partial charge >= 0.3 is 0 Å². The maximum absolute atomic E-state index is 5.44. The Morgan fingerprint density at radius 2 is 1.88 bits per heavy atom. The molecule has 0 aromatic rings. The van der Waals surface area contributed by atoms with Crippen LogP contribution in [-0.2, 0) is 4.43 Å². The van der Waals surface area contributed by atoms with E-state index in [4.69, 9.17) is 4.43 Å². The molecule has 0 aromatic heterocycles. The highest BCUT2D eigenvalue weighted by molar-refractivity contribution is 7.80. The first-order chi connectivity index (χ1) is 3.56. The van der Waals surface area contributed by atoms with Crippen LogP contribution in [-0.4, -0.2) is 20.7 Å². The molecule has 0 bridgehead atoms. The summed E-state index contributed by atoms with van der Waals surface area (Å²) in [6.07, 6.45) is 0. The summed E-state index contributed by atoms with van der Waals surface area (Å²) in [4.78, 5) is 0. The van der Waals surface area contributed by atoms with Crippen LogP contribution in [0.2, 0.25) is 19.6 Å². The van der Waals surface area contributed by atoms with Crippen molar-refractivity contribution in [1.29, 1.82) is 0 Å². The summed E-state index contributed by atoms with van der Waals surface area (Å²) in [6, 6.07) is 0. The normalized spacial score (nSPS) is 12.0. The second kappa shape index (κ2) is 3.53. The molecule has 8 heavy (non-hydrogen) atoms. The average Bonchev–Trinajstić information content (AvgIpc) is 1.59. The lowest BCUT2D eigenvalue weighted by Crippen LogP contribution is -2.26. The van der Waals surface area contributed by atoms with Crippen LogP contribution in [0.25, 0.3) is 0 Å². The predicted octanol–water partition coefficient (Wildman–Crippen LogP) is 1.77. The largest absolute Gasteiger partial charge is 0.417 e. The van der Waals surface area contributed by atoms with Gasteiger partial charge in [-0.2, -0.15) is 12.6 Å². The van der Waals surface area contributed by atoms with Gasteiger partial charge in [-0.3, -0.25) is 0 Å². The molecule has 0 rings (SSSR count). The van der Waals surface area contributed by atoms with Crippen LogP contribution in [0.5, 0.6) is 0 Å². The molecular formula is C5H14OSSi. The van der Waals surface area contributed by atoms with Crippen molar-refractivity contribution in [1.82, 2.24) is 0 Å². The maximum Gasteiger partial charge on any atom is 0.183 e. The van der Waals surface area contributed by atoms with Crippen LogP contribution in [0.4, 0.5) is 0 Å². The summed E-state index contributed by atoms with van der Waals surface area (Å²) < 4.78 is 5.44. The lowest BCUT2D eigenvalue weighted by Gasteiger charge is -2.15. The van der Waals surface area contributed by atoms with Gasteiger partial charge in [-0.05, 0) is 19.6 Å². The highest BCUT2D eigenvalue weighted by Gasteiger charge is 2.12. The third-order valence-electron chi connectivity index (χ3n) is 0.626. The van der Waals surface area contributed by atoms with Crippen LogP contribution < -0.4 is 0 Å². The van der Waals surface area contributed by atoms with Crippen molar-refractivity contribution in [3.63, 3.8) is 0 Å². The highest BCUT2D eigenvalue weighted by Crippen LogP contribution is 2.01. The van der Waals surface area contributed by atoms with E-state index in [0.29, 0.717) is 0 Å². The summed E-state index contributed by atoms with van der Waals surface area (Å²) in [6.45, 7) is 7.34. The predicted molar refractivity (Wildman–Crippen MR) is 43.2 cm³/mol. The maximum atomic E-state index is 5.44. The smallest absolute Gasteiger partial charge is 0.183 e. The SMILES string of the molecule is C[Si](C)(C)OCCS. The zero-order valence-electron chi connectivity index (χ0n) is 5.77. The van der Waals surface area contributed by atoms with Gasteiger partial charge in [0.25, 0.3) is 0 Å². The molecule has 0 aliphatic heterocycles. The molecule has 0 fully saturated rings. The molecule has 0 aliphatic rings. The Morgan fingerprint density at radius 3 is 2.00 bits per heavy atom. The minimum atomic E-state index is -1.23. The molecule has 1 nitrogen and oxygen atoms in total. The summed E-state index contributed by atoms with van der Waals surface area (Å²) in [5, 5.41) is 0. The fourth-order valence-electron chi connectivity index (χ4n) is 0.352. The Morgan fingerprint density at radius 1 is 1.38 bits per heavy atom. The van der Waals surface area contributed by atoms with E-state index in [1.807, 2.05) is 0 Å². The highest BCUT2D eigenvalue weighted by atomic mass is 32.1. The number of hydrogen-bond donors (Lipinski definition) is 1. The van der Waals surface area contributed by atoms with E-state index in [-0.39, 0.29) is 0 Å². The molecule has 0 aliphatic carbocycles. The van der Waals surface area contributed by atoms with Gasteiger partial charge in [0.2, 0.25) is 0 Å². The van der Waals surface area contributed by atoms with Gasteiger partial charge in [0, 0.05) is 12.4 Å². The standard InChI is InChI=1S/C5H14OSSi/c1-8(2,3)6-4-5-7/h7H,4-5H2,1-3H3. The van der Waals surface area contributed by atoms with E-state index in [1.165, 1.54) is 0 Å². The lowest BCUT2D eigenvalue weighted by molar-refractivity contribution is 0.338. The van der Waals surface area contributed by atoms with Gasteiger partial charge in [-0.25, -0.2) is 0 Å². The second-order valence-corrected chi connectivity index (χ2v) is 7.65. The van der Waals surface area contributed by atoms with Crippen molar-refractivity contribution >= 4 is 20.9 Å². The third kappa shape index (κ3) is 6.53. The quantitative estimate of drug-likeness (QED) is 0.476. The summed E-state index contributed by atoms with van der Waals surface area (Å²) in [5.41, 5.74) is 0. The molecule has 0 atom stereocenters. The number of thiol groups is 1. The Hall–Kier alpha value is 0.527. The molecule has 3 heteroatoms. The molecule has 0 saturated carbocycles. The monoisotopic (exact) mass is 150 g/mol. The van der Waals surface area contributed by atoms with Crippen LogP contribution in [0.3, 0.4) is 0 Å². The van der Waals surface area contributed by atoms with Crippen molar-refractivity contribution in [3.05, 3.63) is 0 Å². The summed E-state index contributed by atoms with van der Waals surface area (Å²) in [7, 11) is -1.23. The molecule has 0 heterocycles. The first-order valence-corrected chi connectivity index (χ1v) is 6.85. The molecule has 0 aromatic carbocycles. The van der Waals surface area contributed by atoms with Crippen molar-refractivity contribution < 1.29 is 4.43 Å². The van der Waals surface area contributed by atoms with Gasteiger partial charge in [-0.15, -0.1) is 0 Å². The zero-order valence-corrected chi connectivity index (χ0v) is 7.66. The van der Waals surface area contributed by atoms with Gasteiger partial charge < -0.3 is 4.43 Å². The molecule has 0 N–H and O–H groups in total. The van der Waals surface area contributed by atoms with Crippen molar-refractivity contribution in [2.45, 2.75) is 19.6 Å². The number of rotatable bonds is 3. The molecule has 0 radical (unpaired) electrons.